The Bertz CT molecular complexity index is 938. The van der Waals surface area contributed by atoms with Crippen LogP contribution in [0.5, 0.6) is 5.75 Å². The molecule has 1 heterocycles. The van der Waals surface area contributed by atoms with Gasteiger partial charge in [-0.3, -0.25) is 4.79 Å². The van der Waals surface area contributed by atoms with Crippen molar-refractivity contribution in [3.05, 3.63) is 36.9 Å². The van der Waals surface area contributed by atoms with Crippen molar-refractivity contribution >= 4 is 27.7 Å². The van der Waals surface area contributed by atoms with E-state index in [2.05, 4.69) is 6.58 Å². The van der Waals surface area contributed by atoms with Crippen molar-refractivity contribution in [1.29, 1.82) is 0 Å². The summed E-state index contributed by atoms with van der Waals surface area (Å²) in [6, 6.07) is 4.66. The van der Waals surface area contributed by atoms with Crippen molar-refractivity contribution in [1.82, 2.24) is 9.80 Å². The predicted octanol–water partition coefficient (Wildman–Crippen LogP) is 1.59. The van der Waals surface area contributed by atoms with Crippen molar-refractivity contribution in [3.63, 3.8) is 0 Å². The standard InChI is InChI=1S/C19H24N2O7S/c1-7-15(22)28-12(2)16(21-17(23)19(3,4)20(5)18(21)24)29(25,26)14-10-8-13(27-6)9-11-14/h7-12,16H,1H2,2-6H3. The predicted molar refractivity (Wildman–Crippen MR) is 104 cm³/mol. The van der Waals surface area contributed by atoms with Crippen LogP contribution in [0, 0.1) is 0 Å². The van der Waals surface area contributed by atoms with Crippen molar-refractivity contribution in [2.75, 3.05) is 14.2 Å². The van der Waals surface area contributed by atoms with Gasteiger partial charge < -0.3 is 14.4 Å². The van der Waals surface area contributed by atoms with Gasteiger partial charge in [0.1, 0.15) is 17.4 Å². The number of likely N-dealkylation sites (N-methyl/N-ethyl adjacent to an activating group) is 1. The first-order valence-electron chi connectivity index (χ1n) is 8.72. The fourth-order valence-corrected chi connectivity index (χ4v) is 4.76. The summed E-state index contributed by atoms with van der Waals surface area (Å²) in [6.45, 7) is 7.60. The maximum atomic E-state index is 13.4. The lowest BCUT2D eigenvalue weighted by atomic mass is 10.1. The quantitative estimate of drug-likeness (QED) is 0.371. The van der Waals surface area contributed by atoms with Gasteiger partial charge in [0.05, 0.1) is 12.0 Å². The Balaban J connectivity index is 2.61. The molecule has 0 aliphatic carbocycles. The number of hydrogen-bond acceptors (Lipinski definition) is 7. The van der Waals surface area contributed by atoms with Crippen LogP contribution in [0.4, 0.5) is 4.79 Å². The maximum absolute atomic E-state index is 13.4. The lowest BCUT2D eigenvalue weighted by Crippen LogP contribution is -2.53. The van der Waals surface area contributed by atoms with Crippen LogP contribution in [0.1, 0.15) is 20.8 Å². The van der Waals surface area contributed by atoms with E-state index in [-0.39, 0.29) is 4.90 Å². The number of carbonyl (C=O) groups is 3. The number of rotatable bonds is 7. The molecule has 2 unspecified atom stereocenters. The van der Waals surface area contributed by atoms with Crippen LogP contribution in [-0.2, 0) is 24.2 Å². The molecular weight excluding hydrogens is 400 g/mol. The Morgan fingerprint density at radius 1 is 1.21 bits per heavy atom. The summed E-state index contributed by atoms with van der Waals surface area (Å²) < 4.78 is 37.0. The van der Waals surface area contributed by atoms with Gasteiger partial charge in [0, 0.05) is 13.1 Å². The fraction of sp³-hybridized carbons (Fsp3) is 0.421. The average molecular weight is 424 g/mol. The van der Waals surface area contributed by atoms with E-state index in [0.717, 1.165) is 11.0 Å². The zero-order valence-corrected chi connectivity index (χ0v) is 17.7. The highest BCUT2D eigenvalue weighted by Crippen LogP contribution is 2.33. The summed E-state index contributed by atoms with van der Waals surface area (Å²) >= 11 is 0. The molecule has 29 heavy (non-hydrogen) atoms. The number of carbonyl (C=O) groups excluding carboxylic acids is 3. The summed E-state index contributed by atoms with van der Waals surface area (Å²) in [6.07, 6.45) is -0.472. The number of sulfone groups is 1. The normalized spacial score (nSPS) is 18.4. The highest BCUT2D eigenvalue weighted by molar-refractivity contribution is 7.92. The maximum Gasteiger partial charge on any atom is 0.330 e. The van der Waals surface area contributed by atoms with Gasteiger partial charge in [-0.1, -0.05) is 6.58 Å². The minimum Gasteiger partial charge on any atom is -0.497 e. The molecule has 1 aromatic rings. The van der Waals surface area contributed by atoms with Crippen LogP contribution in [0.25, 0.3) is 0 Å². The number of benzene rings is 1. The van der Waals surface area contributed by atoms with Crippen LogP contribution in [-0.4, -0.2) is 67.3 Å². The van der Waals surface area contributed by atoms with Crippen LogP contribution in [0.15, 0.2) is 41.8 Å². The van der Waals surface area contributed by atoms with Crippen LogP contribution in [0.3, 0.4) is 0 Å². The molecule has 1 fully saturated rings. The first kappa shape index (κ1) is 22.4. The van der Waals surface area contributed by atoms with Crippen LogP contribution < -0.4 is 4.74 Å². The van der Waals surface area contributed by atoms with Gasteiger partial charge in [-0.2, -0.15) is 0 Å². The summed E-state index contributed by atoms with van der Waals surface area (Å²) in [4.78, 5) is 39.1. The molecule has 1 aromatic carbocycles. The van der Waals surface area contributed by atoms with Gasteiger partial charge in [-0.15, -0.1) is 0 Å². The Kier molecular flexibility index (Phi) is 6.07. The molecule has 1 saturated heterocycles. The number of ether oxygens (including phenoxy) is 2. The van der Waals surface area contributed by atoms with Gasteiger partial charge in [0.2, 0.25) is 9.84 Å². The molecule has 3 amide bonds. The molecule has 9 nitrogen and oxygen atoms in total. The lowest BCUT2D eigenvalue weighted by molar-refractivity contribution is -0.146. The minimum absolute atomic E-state index is 0.155. The summed E-state index contributed by atoms with van der Waals surface area (Å²) in [7, 11) is -1.48. The zero-order chi connectivity index (χ0) is 22.1. The third-order valence-corrected chi connectivity index (χ3v) is 7.06. The third-order valence-electron chi connectivity index (χ3n) is 4.90. The molecule has 2 rings (SSSR count). The van der Waals surface area contributed by atoms with E-state index in [9.17, 15) is 22.8 Å². The first-order chi connectivity index (χ1) is 13.4. The molecule has 0 saturated carbocycles. The topological polar surface area (TPSA) is 110 Å². The van der Waals surface area contributed by atoms with E-state index in [1.54, 1.807) is 0 Å². The van der Waals surface area contributed by atoms with E-state index in [4.69, 9.17) is 9.47 Å². The molecule has 0 N–H and O–H groups in total. The summed E-state index contributed by atoms with van der Waals surface area (Å²) in [5.41, 5.74) is -1.26. The summed E-state index contributed by atoms with van der Waals surface area (Å²) in [5.74, 6) is -1.16. The molecular formula is C19H24N2O7S. The van der Waals surface area contributed by atoms with Crippen molar-refractivity contribution in [2.24, 2.45) is 0 Å². The molecule has 2 atom stereocenters. The van der Waals surface area contributed by atoms with E-state index in [1.165, 1.54) is 59.2 Å². The molecule has 10 heteroatoms. The number of amides is 3. The van der Waals surface area contributed by atoms with E-state index in [0.29, 0.717) is 10.6 Å². The van der Waals surface area contributed by atoms with Gasteiger partial charge in [-0.25, -0.2) is 22.9 Å². The third kappa shape index (κ3) is 3.84. The second-order valence-electron chi connectivity index (χ2n) is 7.03. The van der Waals surface area contributed by atoms with Gasteiger partial charge in [0.15, 0.2) is 5.37 Å². The van der Waals surface area contributed by atoms with Gasteiger partial charge in [0.25, 0.3) is 5.91 Å². The SMILES string of the molecule is C=CC(=O)OC(C)C(N1C(=O)N(C)C(C)(C)C1=O)S(=O)(=O)c1ccc(OC)cc1. The van der Waals surface area contributed by atoms with Gasteiger partial charge in [-0.05, 0) is 45.0 Å². The highest BCUT2D eigenvalue weighted by atomic mass is 32.2. The van der Waals surface area contributed by atoms with E-state index >= 15 is 0 Å². The fourth-order valence-electron chi connectivity index (χ4n) is 2.95. The zero-order valence-electron chi connectivity index (χ0n) is 16.9. The molecule has 1 aliphatic rings. The van der Waals surface area contributed by atoms with Crippen LogP contribution in [0.2, 0.25) is 0 Å². The number of urea groups is 1. The Hall–Kier alpha value is -2.88. The van der Waals surface area contributed by atoms with E-state index in [1.807, 2.05) is 0 Å². The molecule has 158 valence electrons. The highest BCUT2D eigenvalue weighted by Gasteiger charge is 2.56. The second-order valence-corrected chi connectivity index (χ2v) is 9.08. The monoisotopic (exact) mass is 424 g/mol. The Labute approximate surface area is 169 Å². The smallest absolute Gasteiger partial charge is 0.330 e. The molecule has 0 aromatic heterocycles. The average Bonchev–Trinajstić information content (AvgIpc) is 2.82. The van der Waals surface area contributed by atoms with Crippen molar-refractivity contribution in [3.8, 4) is 5.75 Å². The van der Waals surface area contributed by atoms with Crippen LogP contribution >= 0.6 is 0 Å². The molecule has 0 bridgehead atoms. The first-order valence-corrected chi connectivity index (χ1v) is 10.3. The van der Waals surface area contributed by atoms with Gasteiger partial charge >= 0.3 is 12.0 Å². The number of methoxy groups -OCH3 is 1. The van der Waals surface area contributed by atoms with Crippen molar-refractivity contribution in [2.45, 2.75) is 42.7 Å². The second kappa shape index (κ2) is 7.86. The Morgan fingerprint density at radius 2 is 1.76 bits per heavy atom. The molecule has 1 aliphatic heterocycles. The minimum atomic E-state index is -4.31. The summed E-state index contributed by atoms with van der Waals surface area (Å²) in [5, 5.41) is -1.76. The lowest BCUT2D eigenvalue weighted by Gasteiger charge is -2.30. The van der Waals surface area contributed by atoms with Crippen molar-refractivity contribution < 1.29 is 32.3 Å². The largest absolute Gasteiger partial charge is 0.497 e. The number of esters is 1. The number of imide groups is 1. The van der Waals surface area contributed by atoms with E-state index < -0.39 is 44.8 Å². The Morgan fingerprint density at radius 3 is 2.17 bits per heavy atom. The number of hydrogen-bond donors (Lipinski definition) is 0. The number of nitrogens with zero attached hydrogens (tertiary/aromatic N) is 2. The molecule has 0 radical (unpaired) electrons. The molecule has 0 spiro atoms.